The van der Waals surface area contributed by atoms with Crippen LogP contribution in [-0.4, -0.2) is 15.7 Å². The molecule has 134 valence electrons. The summed E-state index contributed by atoms with van der Waals surface area (Å²) in [6.45, 7) is 2.11. The number of rotatable bonds is 6. The number of carbonyl (C=O) groups excluding carboxylic acids is 1. The Labute approximate surface area is 156 Å². The SMILES string of the molecule is CCCC(NC(=O)c1ccc(-c2ccc(=O)n(C)n2)cc1)c1cccs1. The maximum atomic E-state index is 12.6. The number of benzene rings is 1. The van der Waals surface area contributed by atoms with Gasteiger partial charge in [0.25, 0.3) is 11.5 Å². The molecule has 0 saturated heterocycles. The second-order valence-electron chi connectivity index (χ2n) is 6.09. The van der Waals surface area contributed by atoms with E-state index in [2.05, 4.69) is 23.4 Å². The number of amides is 1. The molecule has 0 fully saturated rings. The van der Waals surface area contributed by atoms with Crippen LogP contribution in [0.5, 0.6) is 0 Å². The maximum absolute atomic E-state index is 12.6. The van der Waals surface area contributed by atoms with Crippen LogP contribution in [-0.2, 0) is 7.05 Å². The molecule has 3 aromatic rings. The van der Waals surface area contributed by atoms with Gasteiger partial charge in [-0.1, -0.05) is 31.5 Å². The zero-order chi connectivity index (χ0) is 18.5. The quantitative estimate of drug-likeness (QED) is 0.721. The molecule has 2 aromatic heterocycles. The van der Waals surface area contributed by atoms with Gasteiger partial charge in [-0.05, 0) is 36.1 Å². The van der Waals surface area contributed by atoms with Gasteiger partial charge >= 0.3 is 0 Å². The summed E-state index contributed by atoms with van der Waals surface area (Å²) >= 11 is 1.66. The first-order valence-electron chi connectivity index (χ1n) is 8.57. The zero-order valence-electron chi connectivity index (χ0n) is 14.8. The molecule has 3 rings (SSSR count). The van der Waals surface area contributed by atoms with Crippen molar-refractivity contribution in [1.29, 1.82) is 0 Å². The van der Waals surface area contributed by atoms with Crippen LogP contribution in [0.4, 0.5) is 0 Å². The van der Waals surface area contributed by atoms with Crippen molar-refractivity contribution in [3.63, 3.8) is 0 Å². The Kier molecular flexibility index (Phi) is 5.63. The lowest BCUT2D eigenvalue weighted by molar-refractivity contribution is 0.0935. The maximum Gasteiger partial charge on any atom is 0.266 e. The van der Waals surface area contributed by atoms with E-state index in [9.17, 15) is 9.59 Å². The second-order valence-corrected chi connectivity index (χ2v) is 7.07. The number of nitrogens with one attached hydrogen (secondary N) is 1. The van der Waals surface area contributed by atoms with E-state index >= 15 is 0 Å². The fraction of sp³-hybridized carbons (Fsp3) is 0.250. The Balaban J connectivity index is 1.76. The van der Waals surface area contributed by atoms with Crippen LogP contribution >= 0.6 is 11.3 Å². The monoisotopic (exact) mass is 367 g/mol. The Morgan fingerprint density at radius 2 is 1.96 bits per heavy atom. The molecule has 1 aromatic carbocycles. The first-order chi connectivity index (χ1) is 12.6. The molecule has 0 bridgehead atoms. The number of aryl methyl sites for hydroxylation is 1. The summed E-state index contributed by atoms with van der Waals surface area (Å²) in [5, 5.41) is 9.38. The van der Waals surface area contributed by atoms with Crippen molar-refractivity contribution in [2.24, 2.45) is 7.05 Å². The lowest BCUT2D eigenvalue weighted by atomic mass is 10.1. The fourth-order valence-corrected chi connectivity index (χ4v) is 3.57. The van der Waals surface area contributed by atoms with Crippen LogP contribution in [0.1, 0.15) is 41.0 Å². The normalized spacial score (nSPS) is 11.9. The van der Waals surface area contributed by atoms with E-state index in [-0.39, 0.29) is 17.5 Å². The predicted molar refractivity (Wildman–Crippen MR) is 104 cm³/mol. The topological polar surface area (TPSA) is 64.0 Å². The smallest absolute Gasteiger partial charge is 0.266 e. The molecule has 0 spiro atoms. The number of aromatic nitrogens is 2. The average Bonchev–Trinajstić information content (AvgIpc) is 3.18. The highest BCUT2D eigenvalue weighted by Gasteiger charge is 2.16. The van der Waals surface area contributed by atoms with Crippen LogP contribution in [0.2, 0.25) is 0 Å². The third-order valence-electron chi connectivity index (χ3n) is 4.17. The van der Waals surface area contributed by atoms with Crippen LogP contribution in [0.15, 0.2) is 58.7 Å². The summed E-state index contributed by atoms with van der Waals surface area (Å²) in [4.78, 5) is 25.2. The molecule has 0 radical (unpaired) electrons. The highest BCUT2D eigenvalue weighted by molar-refractivity contribution is 7.10. The van der Waals surface area contributed by atoms with E-state index in [1.54, 1.807) is 36.6 Å². The summed E-state index contributed by atoms with van der Waals surface area (Å²) in [6.07, 6.45) is 1.91. The first kappa shape index (κ1) is 18.1. The minimum absolute atomic E-state index is 0.0393. The summed E-state index contributed by atoms with van der Waals surface area (Å²) in [5.41, 5.74) is 2.01. The Morgan fingerprint density at radius 3 is 2.58 bits per heavy atom. The summed E-state index contributed by atoms with van der Waals surface area (Å²) in [5.74, 6) is -0.0863. The highest BCUT2D eigenvalue weighted by atomic mass is 32.1. The predicted octanol–water partition coefficient (Wildman–Crippen LogP) is 3.78. The molecule has 1 unspecified atom stereocenters. The number of carbonyl (C=O) groups is 1. The van der Waals surface area contributed by atoms with Gasteiger partial charge in [0.05, 0.1) is 11.7 Å². The van der Waals surface area contributed by atoms with E-state index in [0.717, 1.165) is 18.4 Å². The van der Waals surface area contributed by atoms with Crippen LogP contribution in [0.25, 0.3) is 11.3 Å². The second kappa shape index (κ2) is 8.10. The van der Waals surface area contributed by atoms with Crippen molar-refractivity contribution < 1.29 is 4.79 Å². The third-order valence-corrected chi connectivity index (χ3v) is 5.16. The van der Waals surface area contributed by atoms with E-state index in [4.69, 9.17) is 0 Å². The zero-order valence-corrected chi connectivity index (χ0v) is 15.6. The number of nitrogens with zero attached hydrogens (tertiary/aromatic N) is 2. The number of thiophene rings is 1. The molecule has 0 aliphatic heterocycles. The van der Waals surface area contributed by atoms with Crippen LogP contribution in [0.3, 0.4) is 0 Å². The van der Waals surface area contributed by atoms with Crippen LogP contribution in [0, 0.1) is 0 Å². The molecule has 0 aliphatic carbocycles. The van der Waals surface area contributed by atoms with Gasteiger partial charge < -0.3 is 5.32 Å². The summed E-state index contributed by atoms with van der Waals surface area (Å²) < 4.78 is 1.30. The van der Waals surface area contributed by atoms with E-state index in [1.165, 1.54) is 15.6 Å². The van der Waals surface area contributed by atoms with Gasteiger partial charge in [-0.15, -0.1) is 11.3 Å². The Morgan fingerprint density at radius 1 is 1.19 bits per heavy atom. The van der Waals surface area contributed by atoms with Crippen molar-refractivity contribution in [1.82, 2.24) is 15.1 Å². The molecular formula is C20H21N3O2S. The standard InChI is InChI=1S/C20H21N3O2S/c1-3-5-17(18-6-4-13-26-18)21-20(25)15-9-7-14(8-10-15)16-11-12-19(24)23(2)22-16/h4,6-13,17H,3,5H2,1-2H3,(H,21,25). The molecule has 5 nitrogen and oxygen atoms in total. The lowest BCUT2D eigenvalue weighted by Gasteiger charge is -2.17. The van der Waals surface area contributed by atoms with Crippen LogP contribution < -0.4 is 10.9 Å². The number of hydrogen-bond donors (Lipinski definition) is 1. The van der Waals surface area contributed by atoms with Crippen molar-refractivity contribution >= 4 is 17.2 Å². The van der Waals surface area contributed by atoms with E-state index in [1.807, 2.05) is 23.6 Å². The molecule has 0 aliphatic rings. The van der Waals surface area contributed by atoms with Crippen molar-refractivity contribution in [2.45, 2.75) is 25.8 Å². The van der Waals surface area contributed by atoms with Gasteiger partial charge in [0.2, 0.25) is 0 Å². The van der Waals surface area contributed by atoms with Crippen molar-refractivity contribution in [3.05, 3.63) is 74.7 Å². The van der Waals surface area contributed by atoms with Gasteiger partial charge in [0, 0.05) is 29.1 Å². The fourth-order valence-electron chi connectivity index (χ4n) is 2.75. The highest BCUT2D eigenvalue weighted by Crippen LogP contribution is 2.24. The molecule has 2 heterocycles. The molecule has 1 N–H and O–H groups in total. The van der Waals surface area contributed by atoms with Gasteiger partial charge in [-0.25, -0.2) is 4.68 Å². The largest absolute Gasteiger partial charge is 0.344 e. The van der Waals surface area contributed by atoms with E-state index < -0.39 is 0 Å². The number of hydrogen-bond acceptors (Lipinski definition) is 4. The van der Waals surface area contributed by atoms with Crippen molar-refractivity contribution in [3.8, 4) is 11.3 Å². The van der Waals surface area contributed by atoms with Gasteiger partial charge in [0.15, 0.2) is 0 Å². The van der Waals surface area contributed by atoms with Gasteiger partial charge in [0.1, 0.15) is 0 Å². The van der Waals surface area contributed by atoms with Gasteiger partial charge in [-0.3, -0.25) is 9.59 Å². The third kappa shape index (κ3) is 4.08. The minimum Gasteiger partial charge on any atom is -0.344 e. The lowest BCUT2D eigenvalue weighted by Crippen LogP contribution is -2.27. The molecule has 1 amide bonds. The van der Waals surface area contributed by atoms with Crippen molar-refractivity contribution in [2.75, 3.05) is 0 Å². The average molecular weight is 367 g/mol. The van der Waals surface area contributed by atoms with E-state index in [0.29, 0.717) is 11.3 Å². The summed E-state index contributed by atoms with van der Waals surface area (Å²) in [7, 11) is 1.62. The Hall–Kier alpha value is -2.73. The summed E-state index contributed by atoms with van der Waals surface area (Å²) in [6, 6.07) is 14.5. The first-order valence-corrected chi connectivity index (χ1v) is 9.45. The molecule has 26 heavy (non-hydrogen) atoms. The molecular weight excluding hydrogens is 346 g/mol. The molecule has 0 saturated carbocycles. The molecule has 1 atom stereocenters. The minimum atomic E-state index is -0.153. The Bertz CT molecular complexity index is 930. The van der Waals surface area contributed by atoms with Gasteiger partial charge in [-0.2, -0.15) is 5.10 Å². The molecule has 6 heteroatoms.